The molecule has 3 aromatic rings. The average Bonchev–Trinajstić information content (AvgIpc) is 3.32. The molecule has 9 N–H and O–H groups in total. The van der Waals surface area contributed by atoms with E-state index >= 15 is 0 Å². The summed E-state index contributed by atoms with van der Waals surface area (Å²) in [4.78, 5) is 28.5. The highest BCUT2D eigenvalue weighted by atomic mass is 32.2. The number of sulfonamides is 1. The minimum Gasteiger partial charge on any atom is -0.492 e. The summed E-state index contributed by atoms with van der Waals surface area (Å²) in [6.07, 6.45) is -0.385. The summed E-state index contributed by atoms with van der Waals surface area (Å²) in [7, 11) is -14.5. The lowest BCUT2D eigenvalue weighted by Gasteiger charge is -2.20. The monoisotopic (exact) mass is 752 g/mol. The van der Waals surface area contributed by atoms with Gasteiger partial charge in [-0.15, -0.1) is 4.73 Å². The zero-order chi connectivity index (χ0) is 36.9. The molecular formula is C28H24N4O15S3. The van der Waals surface area contributed by atoms with Gasteiger partial charge in [0.25, 0.3) is 20.2 Å². The lowest BCUT2D eigenvalue weighted by atomic mass is 9.89. The fraction of sp³-hybridized carbons (Fsp3) is 0.107. The molecule has 2 aromatic carbocycles. The van der Waals surface area contributed by atoms with Crippen LogP contribution in [0.15, 0.2) is 68.8 Å². The third kappa shape index (κ3) is 6.83. The van der Waals surface area contributed by atoms with Gasteiger partial charge in [-0.25, -0.2) is 22.7 Å². The standard InChI is InChI=1S/C28H24N4O15S3/c29-18-6-4-15-22(14-3-2-13(12-17(14)27(35)36)28(37)47-32-20(33)8-9-21(32)34)16-5-7-19(30)26(50(43,44)45)24(16)46-23(15)25(18)49(41,42)31-10-1-11-48(38,39)40/h2-9,12,30-31,33-34H,1,10-11,29H2,(H,35,36)(H,38,39,40)(H,43,44,45). The molecule has 2 heterocycles. The van der Waals surface area contributed by atoms with Gasteiger partial charge in [-0.05, 0) is 48.4 Å². The van der Waals surface area contributed by atoms with Crippen molar-refractivity contribution in [3.63, 3.8) is 0 Å². The number of aromatic nitrogens is 1. The van der Waals surface area contributed by atoms with Crippen molar-refractivity contribution in [3.8, 4) is 34.2 Å². The number of fused-ring (bicyclic) bond motifs is 2. The molecule has 0 atom stereocenters. The minimum absolute atomic E-state index is 0.191. The maximum atomic E-state index is 13.5. The number of carbonyl (C=O) groups is 2. The van der Waals surface area contributed by atoms with Crippen LogP contribution in [0.5, 0.6) is 11.8 Å². The van der Waals surface area contributed by atoms with Gasteiger partial charge in [0, 0.05) is 35.2 Å². The van der Waals surface area contributed by atoms with Crippen molar-refractivity contribution in [1.29, 1.82) is 5.41 Å². The van der Waals surface area contributed by atoms with Crippen molar-refractivity contribution in [1.82, 2.24) is 9.45 Å². The Labute approximate surface area is 281 Å². The number of benzene rings is 3. The van der Waals surface area contributed by atoms with Gasteiger partial charge in [0.05, 0.1) is 27.9 Å². The fourth-order valence-corrected chi connectivity index (χ4v) is 7.61. The number of anilines is 1. The van der Waals surface area contributed by atoms with Crippen molar-refractivity contribution in [2.24, 2.45) is 0 Å². The van der Waals surface area contributed by atoms with Crippen molar-refractivity contribution in [2.75, 3.05) is 18.0 Å². The van der Waals surface area contributed by atoms with Gasteiger partial charge in [0.15, 0.2) is 16.2 Å². The molecule has 0 spiro atoms. The topological polar surface area (TPSA) is 327 Å². The van der Waals surface area contributed by atoms with E-state index in [4.69, 9.17) is 25.0 Å². The normalized spacial score (nSPS) is 12.4. The van der Waals surface area contributed by atoms with Crippen LogP contribution in [0.25, 0.3) is 33.4 Å². The summed E-state index contributed by atoms with van der Waals surface area (Å²) in [6, 6.07) is 9.42. The molecule has 0 radical (unpaired) electrons. The fourth-order valence-electron chi connectivity index (χ4n) is 5.04. The van der Waals surface area contributed by atoms with Crippen LogP contribution >= 0.6 is 0 Å². The quantitative estimate of drug-likeness (QED) is 0.0407. The zero-order valence-corrected chi connectivity index (χ0v) is 27.3. The van der Waals surface area contributed by atoms with Crippen molar-refractivity contribution in [3.05, 3.63) is 71.1 Å². The van der Waals surface area contributed by atoms with Crippen molar-refractivity contribution < 1.29 is 68.5 Å². The number of nitrogens with two attached hydrogens (primary N) is 1. The Kier molecular flexibility index (Phi) is 9.12. The highest BCUT2D eigenvalue weighted by Crippen LogP contribution is 2.45. The molecule has 22 heteroatoms. The third-order valence-electron chi connectivity index (χ3n) is 7.12. The SMILES string of the molecule is N=c1ccc2c(-c3ccc(C(=O)On4c(O)ccc4O)cc3C(=O)O)c3ccc(N)c(S(=O)(=O)NCCCS(=O)(=O)O)c3oc-2c1S(=O)(=O)O. The van der Waals surface area contributed by atoms with E-state index in [9.17, 15) is 54.7 Å². The lowest BCUT2D eigenvalue weighted by molar-refractivity contribution is 0.0381. The number of nitrogens with one attached hydrogen (secondary N) is 2. The second-order valence-electron chi connectivity index (χ2n) is 10.5. The number of carboxylic acid groups (broad SMARTS) is 1. The maximum absolute atomic E-state index is 13.5. The number of hydrogen-bond donors (Lipinski definition) is 8. The highest BCUT2D eigenvalue weighted by Gasteiger charge is 2.32. The largest absolute Gasteiger partial charge is 0.492 e. The summed E-state index contributed by atoms with van der Waals surface area (Å²) in [5.41, 5.74) is 3.11. The van der Waals surface area contributed by atoms with Gasteiger partial charge in [-0.1, -0.05) is 6.07 Å². The Bertz CT molecular complexity index is 2570. The van der Waals surface area contributed by atoms with E-state index in [-0.39, 0.29) is 28.5 Å². The lowest BCUT2D eigenvalue weighted by Crippen LogP contribution is -2.27. The van der Waals surface area contributed by atoms with Crippen LogP contribution in [-0.4, -0.2) is 78.6 Å². The van der Waals surface area contributed by atoms with E-state index < -0.39 is 110 Å². The summed E-state index contributed by atoms with van der Waals surface area (Å²) in [5.74, 6) is -5.82. The molecule has 264 valence electrons. The maximum Gasteiger partial charge on any atom is 0.363 e. The summed E-state index contributed by atoms with van der Waals surface area (Å²) in [6.45, 7) is -0.537. The molecule has 1 aromatic heterocycles. The molecule has 50 heavy (non-hydrogen) atoms. The van der Waals surface area contributed by atoms with Gasteiger partial charge in [0.1, 0.15) is 4.90 Å². The first-order chi connectivity index (χ1) is 23.2. The first-order valence-electron chi connectivity index (χ1n) is 13.7. The number of rotatable bonds is 11. The van der Waals surface area contributed by atoms with E-state index in [0.29, 0.717) is 4.73 Å². The molecule has 0 fully saturated rings. The number of aromatic hydroxyl groups is 2. The third-order valence-corrected chi connectivity index (χ3v) is 10.4. The number of hydrogen-bond acceptors (Lipinski definition) is 14. The smallest absolute Gasteiger partial charge is 0.363 e. The van der Waals surface area contributed by atoms with Crippen molar-refractivity contribution >= 4 is 58.9 Å². The summed E-state index contributed by atoms with van der Waals surface area (Å²) >= 11 is 0. The second-order valence-corrected chi connectivity index (χ2v) is 15.1. The Morgan fingerprint density at radius 1 is 0.900 bits per heavy atom. The number of carboxylic acids is 1. The van der Waals surface area contributed by atoms with Crippen LogP contribution in [0.1, 0.15) is 27.1 Å². The van der Waals surface area contributed by atoms with Crippen LogP contribution in [0, 0.1) is 5.41 Å². The molecule has 0 saturated carbocycles. The highest BCUT2D eigenvalue weighted by molar-refractivity contribution is 7.90. The minimum atomic E-state index is -5.27. The van der Waals surface area contributed by atoms with Gasteiger partial charge >= 0.3 is 11.9 Å². The number of carbonyl (C=O) groups excluding carboxylic acids is 1. The van der Waals surface area contributed by atoms with Crippen LogP contribution in [0.2, 0.25) is 0 Å². The van der Waals surface area contributed by atoms with Gasteiger partial charge in [-0.2, -0.15) is 16.8 Å². The van der Waals surface area contributed by atoms with E-state index in [1.54, 1.807) is 0 Å². The van der Waals surface area contributed by atoms with Crippen molar-refractivity contribution in [2.45, 2.75) is 16.2 Å². The predicted octanol–water partition coefficient (Wildman–Crippen LogP) is 1.25. The number of nitrogens with zero attached hydrogens (tertiary/aromatic N) is 1. The number of nitrogen functional groups attached to an aromatic ring is 1. The van der Waals surface area contributed by atoms with E-state index in [2.05, 4.69) is 4.72 Å². The molecule has 0 unspecified atom stereocenters. The molecule has 2 aliphatic rings. The first kappa shape index (κ1) is 35.8. The molecule has 0 amide bonds. The van der Waals surface area contributed by atoms with E-state index in [1.165, 1.54) is 6.07 Å². The molecule has 0 saturated heterocycles. The molecule has 1 aliphatic carbocycles. The Morgan fingerprint density at radius 2 is 1.54 bits per heavy atom. The van der Waals surface area contributed by atoms with Gasteiger partial charge in [0.2, 0.25) is 21.8 Å². The van der Waals surface area contributed by atoms with Gasteiger partial charge < -0.3 is 30.3 Å². The van der Waals surface area contributed by atoms with Crippen LogP contribution in [0.3, 0.4) is 0 Å². The van der Waals surface area contributed by atoms with E-state index in [1.807, 2.05) is 0 Å². The van der Waals surface area contributed by atoms with Crippen LogP contribution in [-0.2, 0) is 30.3 Å². The summed E-state index contributed by atoms with van der Waals surface area (Å²) < 4.78 is 102. The Morgan fingerprint density at radius 3 is 2.14 bits per heavy atom. The molecule has 19 nitrogen and oxygen atoms in total. The summed E-state index contributed by atoms with van der Waals surface area (Å²) in [5, 5.41) is 37.0. The van der Waals surface area contributed by atoms with E-state index in [0.717, 1.165) is 48.5 Å². The zero-order valence-electron chi connectivity index (χ0n) is 24.9. The second kappa shape index (κ2) is 12.7. The van der Waals surface area contributed by atoms with Gasteiger partial charge in [-0.3, -0.25) is 14.5 Å². The molecule has 5 rings (SSSR count). The van der Waals surface area contributed by atoms with Crippen LogP contribution < -0.4 is 20.7 Å². The first-order valence-corrected chi connectivity index (χ1v) is 18.2. The molecule has 0 bridgehead atoms. The molecule has 1 aliphatic heterocycles. The number of aromatic carboxylic acids is 1. The predicted molar refractivity (Wildman–Crippen MR) is 170 cm³/mol. The Balaban J connectivity index is 1.81. The average molecular weight is 753 g/mol. The molecular weight excluding hydrogens is 729 g/mol. The Hall–Kier alpha value is -5.52. The van der Waals surface area contributed by atoms with Crippen LogP contribution in [0.4, 0.5) is 5.69 Å².